The molecule has 0 N–H and O–H groups in total. The van der Waals surface area contributed by atoms with E-state index < -0.39 is 0 Å². The molecule has 0 unspecified atom stereocenters. The van der Waals surface area contributed by atoms with E-state index >= 15 is 0 Å². The minimum Gasteiger partial charge on any atom is -0.441 e. The van der Waals surface area contributed by atoms with Crippen molar-refractivity contribution in [2.45, 2.75) is 38.5 Å². The predicted molar refractivity (Wildman–Crippen MR) is 233 cm³/mol. The molecule has 0 bridgehead atoms. The number of pyridine rings is 3. The Labute approximate surface area is 357 Å². The van der Waals surface area contributed by atoms with E-state index in [9.17, 15) is 4.39 Å². The number of hydrogen-bond donors (Lipinski definition) is 0. The summed E-state index contributed by atoms with van der Waals surface area (Å²) in [6, 6.07) is 37.1. The quantitative estimate of drug-likeness (QED) is 0.145. The Morgan fingerprint density at radius 3 is 1.48 bits per heavy atom. The van der Waals surface area contributed by atoms with Gasteiger partial charge in [0.15, 0.2) is 40.4 Å². The van der Waals surface area contributed by atoms with Gasteiger partial charge in [-0.3, -0.25) is 0 Å². The third-order valence-electron chi connectivity index (χ3n) is 8.47. The van der Waals surface area contributed by atoms with Gasteiger partial charge < -0.3 is 13.3 Å². The van der Waals surface area contributed by atoms with Gasteiger partial charge in [-0.25, -0.2) is 34.3 Å². The third kappa shape index (κ3) is 12.6. The Bertz CT molecular complexity index is 2840. The first kappa shape index (κ1) is 41.3. The van der Waals surface area contributed by atoms with Gasteiger partial charge in [-0.15, -0.1) is 0 Å². The molecular weight excluding hydrogens is 787 g/mol. The highest BCUT2D eigenvalue weighted by Gasteiger charge is 2.10. The molecule has 0 atom stereocenters. The van der Waals surface area contributed by atoms with Gasteiger partial charge in [0, 0.05) is 62.7 Å². The van der Waals surface area contributed by atoms with Gasteiger partial charge in [0.05, 0.1) is 11.2 Å². The van der Waals surface area contributed by atoms with Crippen LogP contribution in [0.5, 0.6) is 0 Å². The highest BCUT2D eigenvalue weighted by Crippen LogP contribution is 2.25. The Hall–Kier alpha value is -7.84. The number of hydrogen-bond acceptors (Lipinski definition) is 9. The lowest BCUT2D eigenvalue weighted by molar-refractivity contribution is 0.507. The van der Waals surface area contributed by atoms with Crippen molar-refractivity contribution in [1.29, 1.82) is 0 Å². The fourth-order valence-corrected chi connectivity index (χ4v) is 5.78. The summed E-state index contributed by atoms with van der Waals surface area (Å²) in [4.78, 5) is 25.3. The van der Waals surface area contributed by atoms with Crippen LogP contribution in [0.4, 0.5) is 4.39 Å². The van der Waals surface area contributed by atoms with Crippen LogP contribution in [-0.4, -0.2) is 29.9 Å². The normalized spacial score (nSPS) is 10.1. The first-order valence-corrected chi connectivity index (χ1v) is 19.7. The van der Waals surface area contributed by atoms with E-state index in [2.05, 4.69) is 65.4 Å². The van der Waals surface area contributed by atoms with E-state index in [1.807, 2.05) is 97.1 Å². The fraction of sp³-hybridized carbons (Fsp3) is 0.120. The van der Waals surface area contributed by atoms with Crippen molar-refractivity contribution < 1.29 is 17.6 Å². The van der Waals surface area contributed by atoms with E-state index in [0.29, 0.717) is 72.3 Å². The maximum atomic E-state index is 13.4. The number of aromatic nitrogens is 6. The minimum atomic E-state index is -0.388. The van der Waals surface area contributed by atoms with Gasteiger partial charge in [-0.1, -0.05) is 90.0 Å². The van der Waals surface area contributed by atoms with Crippen molar-refractivity contribution in [2.75, 3.05) is 0 Å². The van der Waals surface area contributed by atoms with Crippen LogP contribution in [0, 0.1) is 41.3 Å². The summed E-state index contributed by atoms with van der Waals surface area (Å²) >= 11 is 6.04. The summed E-state index contributed by atoms with van der Waals surface area (Å²) in [7, 11) is 0. The molecule has 298 valence electrons. The van der Waals surface area contributed by atoms with Crippen LogP contribution in [0.1, 0.15) is 54.0 Å². The number of aryl methyl sites for hydroxylation is 3. The Morgan fingerprint density at radius 2 is 0.967 bits per heavy atom. The van der Waals surface area contributed by atoms with Crippen LogP contribution in [0.25, 0.3) is 33.5 Å². The van der Waals surface area contributed by atoms with E-state index in [0.717, 1.165) is 33.9 Å². The molecule has 0 spiro atoms. The van der Waals surface area contributed by atoms with E-state index in [-0.39, 0.29) is 11.4 Å². The smallest absolute Gasteiger partial charge is 0.196 e. The molecule has 0 saturated carbocycles. The summed E-state index contributed by atoms with van der Waals surface area (Å²) in [5.41, 5.74) is 5.50. The summed E-state index contributed by atoms with van der Waals surface area (Å²) in [5.74, 6) is 20.4. The number of para-hydroxylation sites is 2. The highest BCUT2D eigenvalue weighted by molar-refractivity contribution is 6.34. The zero-order chi connectivity index (χ0) is 41.9. The zero-order valence-corrected chi connectivity index (χ0v) is 33.5. The Balaban J connectivity index is 0.000000138. The average Bonchev–Trinajstić information content (AvgIpc) is 4.07. The van der Waals surface area contributed by atoms with Crippen molar-refractivity contribution in [1.82, 2.24) is 29.9 Å². The number of oxazole rings is 3. The average molecular weight is 823 g/mol. The standard InChI is InChI=1S/C18H14N2O.C16H11ClN2O.C16H11FN2O/c1-2-8-15(9-3-1)17-14-20-18(21-17)12-5-4-10-16-11-6-7-13-19-16;2*17-13-8-5-9-14-16(13)20-15(19-14)10-2-1-6-12-7-3-4-11-18-12/h1-3,6-9,11,13-14H,5,12H2;2*3-5,7-9,11H,2,10H2. The molecule has 0 amide bonds. The molecule has 9 aromatic rings. The van der Waals surface area contributed by atoms with Crippen LogP contribution in [0.15, 0.2) is 159 Å². The first-order chi connectivity index (χ1) is 30.1. The van der Waals surface area contributed by atoms with Crippen LogP contribution < -0.4 is 0 Å². The second-order valence-corrected chi connectivity index (χ2v) is 13.3. The van der Waals surface area contributed by atoms with E-state index in [1.165, 1.54) is 6.07 Å². The molecule has 9 rings (SSSR count). The van der Waals surface area contributed by atoms with Gasteiger partial charge in [0.25, 0.3) is 0 Å². The van der Waals surface area contributed by atoms with Gasteiger partial charge in [0.1, 0.15) is 28.1 Å². The van der Waals surface area contributed by atoms with Gasteiger partial charge in [-0.2, -0.15) is 0 Å². The molecule has 3 aromatic carbocycles. The monoisotopic (exact) mass is 822 g/mol. The summed E-state index contributed by atoms with van der Waals surface area (Å²) in [6.07, 6.45) is 10.8. The second kappa shape index (κ2) is 21.8. The number of benzene rings is 3. The topological polar surface area (TPSA) is 117 Å². The SMILES string of the molecule is C(#Cc1ccccn1)CCc1ncc(-c2ccccc2)o1.Clc1cccc2nc(CCC#Cc3ccccn3)oc12.Fc1cccc2nc(CCC#Cc3ccccn3)oc12. The van der Waals surface area contributed by atoms with Crippen LogP contribution in [0.3, 0.4) is 0 Å². The largest absolute Gasteiger partial charge is 0.441 e. The molecule has 61 heavy (non-hydrogen) atoms. The molecule has 0 radical (unpaired) electrons. The van der Waals surface area contributed by atoms with Gasteiger partial charge >= 0.3 is 0 Å². The van der Waals surface area contributed by atoms with Crippen molar-refractivity contribution in [2.24, 2.45) is 0 Å². The maximum absolute atomic E-state index is 13.4. The highest BCUT2D eigenvalue weighted by atomic mass is 35.5. The third-order valence-corrected chi connectivity index (χ3v) is 8.77. The lowest BCUT2D eigenvalue weighted by Gasteiger charge is -1.94. The Morgan fingerprint density at radius 1 is 0.475 bits per heavy atom. The molecule has 11 heteroatoms. The van der Waals surface area contributed by atoms with E-state index in [4.69, 9.17) is 24.9 Å². The molecule has 0 saturated heterocycles. The molecular formula is C50H36ClFN6O3. The molecule has 0 aliphatic heterocycles. The molecule has 6 aromatic heterocycles. The van der Waals surface area contributed by atoms with Crippen molar-refractivity contribution in [3.63, 3.8) is 0 Å². The van der Waals surface area contributed by atoms with Gasteiger partial charge in [-0.05, 0) is 78.4 Å². The molecule has 9 nitrogen and oxygen atoms in total. The number of fused-ring (bicyclic) bond motifs is 2. The number of halogens is 2. The summed E-state index contributed by atoms with van der Waals surface area (Å²) in [5, 5.41) is 0.584. The predicted octanol–water partition coefficient (Wildman–Crippen LogP) is 10.9. The number of rotatable bonds is 7. The summed E-state index contributed by atoms with van der Waals surface area (Å²) in [6.45, 7) is 0. The zero-order valence-electron chi connectivity index (χ0n) is 32.8. The van der Waals surface area contributed by atoms with Gasteiger partial charge in [0.2, 0.25) is 0 Å². The molecule has 0 aliphatic carbocycles. The minimum absolute atomic E-state index is 0.209. The van der Waals surface area contributed by atoms with Crippen LogP contribution >= 0.6 is 11.6 Å². The van der Waals surface area contributed by atoms with Crippen molar-refractivity contribution in [3.8, 4) is 46.8 Å². The van der Waals surface area contributed by atoms with E-state index in [1.54, 1.807) is 43.0 Å². The van der Waals surface area contributed by atoms with Crippen LogP contribution in [0.2, 0.25) is 5.02 Å². The molecule has 0 aliphatic rings. The lowest BCUT2D eigenvalue weighted by atomic mass is 10.2. The van der Waals surface area contributed by atoms with Crippen molar-refractivity contribution >= 4 is 33.8 Å². The lowest BCUT2D eigenvalue weighted by Crippen LogP contribution is -1.83. The van der Waals surface area contributed by atoms with Crippen LogP contribution in [-0.2, 0) is 19.3 Å². The first-order valence-electron chi connectivity index (χ1n) is 19.3. The fourth-order valence-electron chi connectivity index (χ4n) is 5.58. The number of nitrogens with zero attached hydrogens (tertiary/aromatic N) is 6. The molecule has 0 fully saturated rings. The summed E-state index contributed by atoms with van der Waals surface area (Å²) < 4.78 is 30.2. The maximum Gasteiger partial charge on any atom is 0.196 e. The second-order valence-electron chi connectivity index (χ2n) is 12.9. The van der Waals surface area contributed by atoms with Crippen molar-refractivity contribution in [3.05, 3.63) is 192 Å². The molecule has 6 heterocycles. The Kier molecular flexibility index (Phi) is 14.8.